The number of ether oxygens (including phenoxy) is 2. The molecule has 0 saturated carbocycles. The van der Waals surface area contributed by atoms with Crippen LogP contribution in [-0.2, 0) is 9.59 Å². The first kappa shape index (κ1) is 21.5. The van der Waals surface area contributed by atoms with E-state index in [-0.39, 0.29) is 11.3 Å². The Morgan fingerprint density at radius 2 is 1.83 bits per heavy atom. The Morgan fingerprint density at radius 3 is 2.43 bits per heavy atom. The highest BCUT2D eigenvalue weighted by molar-refractivity contribution is 6.46. The van der Waals surface area contributed by atoms with Crippen molar-refractivity contribution < 1.29 is 28.6 Å². The van der Waals surface area contributed by atoms with E-state index in [2.05, 4.69) is 6.92 Å². The van der Waals surface area contributed by atoms with E-state index >= 15 is 0 Å². The summed E-state index contributed by atoms with van der Waals surface area (Å²) in [7, 11) is 3.00. The number of hydrogen-bond donors (Lipinski definition) is 1. The fraction of sp³-hybridized carbons (Fsp3) is 0.391. The van der Waals surface area contributed by atoms with Gasteiger partial charge in [-0.2, -0.15) is 0 Å². The molecule has 1 saturated heterocycles. The lowest BCUT2D eigenvalue weighted by molar-refractivity contribution is -0.140. The highest BCUT2D eigenvalue weighted by atomic mass is 16.5. The zero-order valence-corrected chi connectivity index (χ0v) is 17.7. The maximum absolute atomic E-state index is 12.9. The number of nitrogens with zero attached hydrogens (tertiary/aromatic N) is 1. The molecule has 0 bridgehead atoms. The zero-order valence-electron chi connectivity index (χ0n) is 17.7. The molecule has 0 aliphatic carbocycles. The van der Waals surface area contributed by atoms with Crippen molar-refractivity contribution in [2.45, 2.75) is 39.2 Å². The van der Waals surface area contributed by atoms with E-state index in [9.17, 15) is 14.7 Å². The smallest absolute Gasteiger partial charge is 0.295 e. The molecule has 1 amide bonds. The van der Waals surface area contributed by atoms with Gasteiger partial charge in [0.25, 0.3) is 11.7 Å². The molecule has 1 unspecified atom stereocenters. The van der Waals surface area contributed by atoms with Gasteiger partial charge < -0.3 is 23.9 Å². The Kier molecular flexibility index (Phi) is 6.50. The number of likely N-dealkylation sites (tertiary alicyclic amines) is 1. The van der Waals surface area contributed by atoms with Gasteiger partial charge in [-0.1, -0.05) is 19.8 Å². The molecule has 1 aliphatic rings. The topological polar surface area (TPSA) is 89.2 Å². The van der Waals surface area contributed by atoms with Crippen molar-refractivity contribution in [2.75, 3.05) is 20.8 Å². The number of rotatable bonds is 8. The van der Waals surface area contributed by atoms with Gasteiger partial charge in [-0.25, -0.2) is 0 Å². The summed E-state index contributed by atoms with van der Waals surface area (Å²) < 4.78 is 16.3. The summed E-state index contributed by atoms with van der Waals surface area (Å²) in [6, 6.07) is 7.56. The monoisotopic (exact) mass is 413 g/mol. The quantitative estimate of drug-likeness (QED) is 0.302. The van der Waals surface area contributed by atoms with Gasteiger partial charge in [-0.3, -0.25) is 9.59 Å². The van der Waals surface area contributed by atoms with E-state index < -0.39 is 17.7 Å². The molecule has 1 atom stereocenters. The lowest BCUT2D eigenvalue weighted by Crippen LogP contribution is -2.30. The molecule has 1 aliphatic heterocycles. The highest BCUT2D eigenvalue weighted by Crippen LogP contribution is 2.41. The van der Waals surface area contributed by atoms with Crippen molar-refractivity contribution in [3.05, 3.63) is 53.0 Å². The third-order valence-corrected chi connectivity index (χ3v) is 5.23. The largest absolute Gasteiger partial charge is 0.507 e. The standard InChI is InChI=1S/C23H27NO6/c1-5-6-7-12-24-20(17-10-8-14(2)30-17)19(22(26)23(24)27)21(25)15-9-11-16(28-3)18(13-15)29-4/h8-11,13,20,25H,5-7,12H2,1-4H3/b21-19-. The summed E-state index contributed by atoms with van der Waals surface area (Å²) in [5.41, 5.74) is 0.366. The van der Waals surface area contributed by atoms with Crippen LogP contribution in [0.3, 0.4) is 0 Å². The summed E-state index contributed by atoms with van der Waals surface area (Å²) >= 11 is 0. The highest BCUT2D eigenvalue weighted by Gasteiger charge is 2.47. The van der Waals surface area contributed by atoms with Crippen LogP contribution in [0.5, 0.6) is 11.5 Å². The van der Waals surface area contributed by atoms with E-state index in [1.54, 1.807) is 37.3 Å². The van der Waals surface area contributed by atoms with Crippen molar-refractivity contribution in [1.82, 2.24) is 4.90 Å². The summed E-state index contributed by atoms with van der Waals surface area (Å²) in [5, 5.41) is 11.1. The van der Waals surface area contributed by atoms with Gasteiger partial charge in [0.05, 0.1) is 19.8 Å². The van der Waals surface area contributed by atoms with E-state index in [4.69, 9.17) is 13.9 Å². The van der Waals surface area contributed by atoms with Gasteiger partial charge in [-0.05, 0) is 43.7 Å². The molecule has 1 aromatic carbocycles. The minimum Gasteiger partial charge on any atom is -0.507 e. The summed E-state index contributed by atoms with van der Waals surface area (Å²) in [4.78, 5) is 27.2. The van der Waals surface area contributed by atoms with E-state index in [1.807, 2.05) is 0 Å². The minimum absolute atomic E-state index is 0.0121. The second-order valence-electron chi connectivity index (χ2n) is 7.22. The Hall–Kier alpha value is -3.22. The van der Waals surface area contributed by atoms with Crippen molar-refractivity contribution in [3.8, 4) is 11.5 Å². The Morgan fingerprint density at radius 1 is 1.10 bits per heavy atom. The molecule has 1 fully saturated rings. The average Bonchev–Trinajstić information content (AvgIpc) is 3.28. The Labute approximate surface area is 175 Å². The van der Waals surface area contributed by atoms with Gasteiger partial charge in [0.1, 0.15) is 23.3 Å². The zero-order chi connectivity index (χ0) is 21.8. The minimum atomic E-state index is -0.774. The second kappa shape index (κ2) is 9.07. The van der Waals surface area contributed by atoms with E-state index in [1.165, 1.54) is 19.1 Å². The molecule has 0 radical (unpaired) electrons. The number of unbranched alkanes of at least 4 members (excludes halogenated alkanes) is 2. The molecular formula is C23H27NO6. The number of methoxy groups -OCH3 is 2. The van der Waals surface area contributed by atoms with Crippen LogP contribution in [0.1, 0.15) is 49.3 Å². The average molecular weight is 413 g/mol. The van der Waals surface area contributed by atoms with Crippen LogP contribution in [0.25, 0.3) is 5.76 Å². The van der Waals surface area contributed by atoms with Crippen LogP contribution in [0.15, 0.2) is 40.3 Å². The predicted octanol–water partition coefficient (Wildman–Crippen LogP) is 4.22. The summed E-state index contributed by atoms with van der Waals surface area (Å²) in [6.07, 6.45) is 2.68. The molecule has 1 N–H and O–H groups in total. The molecular weight excluding hydrogens is 386 g/mol. The molecule has 30 heavy (non-hydrogen) atoms. The fourth-order valence-electron chi connectivity index (χ4n) is 3.68. The van der Waals surface area contributed by atoms with Crippen LogP contribution in [0.4, 0.5) is 0 Å². The van der Waals surface area contributed by atoms with Gasteiger partial charge in [0.2, 0.25) is 0 Å². The predicted molar refractivity (Wildman–Crippen MR) is 112 cm³/mol. The second-order valence-corrected chi connectivity index (χ2v) is 7.22. The number of aryl methyl sites for hydroxylation is 1. The molecule has 3 rings (SSSR count). The molecule has 2 heterocycles. The molecule has 7 heteroatoms. The molecule has 0 spiro atoms. The summed E-state index contributed by atoms with van der Waals surface area (Å²) in [5.74, 6) is 0.383. The maximum atomic E-state index is 12.9. The number of carbonyl (C=O) groups is 2. The van der Waals surface area contributed by atoms with Crippen LogP contribution < -0.4 is 9.47 Å². The lowest BCUT2D eigenvalue weighted by Gasteiger charge is -2.23. The molecule has 160 valence electrons. The number of furan rings is 1. The first-order valence-corrected chi connectivity index (χ1v) is 10.00. The molecule has 1 aromatic heterocycles. The van der Waals surface area contributed by atoms with Crippen molar-refractivity contribution in [2.24, 2.45) is 0 Å². The number of hydrogen-bond acceptors (Lipinski definition) is 6. The lowest BCUT2D eigenvalue weighted by atomic mass is 9.99. The van der Waals surface area contributed by atoms with Crippen LogP contribution >= 0.6 is 0 Å². The van der Waals surface area contributed by atoms with Crippen molar-refractivity contribution in [3.63, 3.8) is 0 Å². The Balaban J connectivity index is 2.11. The third kappa shape index (κ3) is 3.92. The number of ketones is 1. The van der Waals surface area contributed by atoms with Crippen molar-refractivity contribution in [1.29, 1.82) is 0 Å². The normalized spacial score (nSPS) is 18.1. The SMILES string of the molecule is CCCCCN1C(=O)C(=O)/C(=C(\O)c2ccc(OC)c(OC)c2)C1c1ccc(C)o1. The molecule has 7 nitrogen and oxygen atoms in total. The molecule has 2 aromatic rings. The van der Waals surface area contributed by atoms with Crippen molar-refractivity contribution >= 4 is 17.4 Å². The number of benzene rings is 1. The van der Waals surface area contributed by atoms with Gasteiger partial charge in [0.15, 0.2) is 11.5 Å². The number of amides is 1. The summed E-state index contributed by atoms with van der Waals surface area (Å²) in [6.45, 7) is 4.27. The number of aliphatic hydroxyl groups excluding tert-OH is 1. The third-order valence-electron chi connectivity index (χ3n) is 5.23. The van der Waals surface area contributed by atoms with E-state index in [0.29, 0.717) is 35.1 Å². The van der Waals surface area contributed by atoms with Gasteiger partial charge >= 0.3 is 0 Å². The Bertz CT molecular complexity index is 974. The van der Waals surface area contributed by atoms with Gasteiger partial charge in [0, 0.05) is 12.1 Å². The number of carbonyl (C=O) groups excluding carboxylic acids is 2. The number of Topliss-reactive ketones (excluding diaryl/α,β-unsaturated/α-hetero) is 1. The van der Waals surface area contributed by atoms with E-state index in [0.717, 1.165) is 19.3 Å². The van der Waals surface area contributed by atoms with Crippen LogP contribution in [0, 0.1) is 6.92 Å². The maximum Gasteiger partial charge on any atom is 0.295 e. The number of aliphatic hydroxyl groups is 1. The first-order valence-electron chi connectivity index (χ1n) is 10.00. The van der Waals surface area contributed by atoms with Crippen LogP contribution in [-0.4, -0.2) is 42.5 Å². The fourth-order valence-corrected chi connectivity index (χ4v) is 3.68. The van der Waals surface area contributed by atoms with Gasteiger partial charge in [-0.15, -0.1) is 0 Å². The van der Waals surface area contributed by atoms with Crippen LogP contribution in [0.2, 0.25) is 0 Å². The first-order chi connectivity index (χ1) is 14.4.